The summed E-state index contributed by atoms with van der Waals surface area (Å²) in [5.74, 6) is 0.141. The molecule has 1 atom stereocenters. The molecule has 1 aromatic carbocycles. The molecule has 2 aliphatic heterocycles. The Morgan fingerprint density at radius 3 is 2.56 bits per heavy atom. The van der Waals surface area contributed by atoms with Crippen molar-refractivity contribution in [1.82, 2.24) is 19.6 Å². The number of benzene rings is 1. The second-order valence-electron chi connectivity index (χ2n) is 8.87. The molecule has 0 unspecified atom stereocenters. The number of nitrogens with zero attached hydrogens (tertiary/aromatic N) is 5. The summed E-state index contributed by atoms with van der Waals surface area (Å²) in [5, 5.41) is 4.04. The first-order valence-corrected chi connectivity index (χ1v) is 13.0. The van der Waals surface area contributed by atoms with Crippen molar-refractivity contribution in [3.05, 3.63) is 41.6 Å². The molecule has 3 heterocycles. The van der Waals surface area contributed by atoms with E-state index in [1.165, 1.54) is 46.6 Å². The highest BCUT2D eigenvalue weighted by atomic mass is 32.2. The van der Waals surface area contributed by atoms with Crippen molar-refractivity contribution in [2.75, 3.05) is 48.6 Å². The molecule has 2 fully saturated rings. The van der Waals surface area contributed by atoms with Gasteiger partial charge in [0.05, 0.1) is 6.26 Å². The zero-order chi connectivity index (χ0) is 22.9. The van der Waals surface area contributed by atoms with Crippen LogP contribution in [0.25, 0.3) is 0 Å². The Morgan fingerprint density at radius 1 is 1.16 bits per heavy atom. The third-order valence-corrected chi connectivity index (χ3v) is 6.84. The predicted octanol–water partition coefficient (Wildman–Crippen LogP) is 2.34. The first-order chi connectivity index (χ1) is 15.2. The van der Waals surface area contributed by atoms with Crippen LogP contribution in [0, 0.1) is 6.92 Å². The Labute approximate surface area is 190 Å². The average Bonchev–Trinajstić information content (AvgIpc) is 3.37. The monoisotopic (exact) mass is 460 g/mol. The molecule has 1 N–H and O–H groups in total. The van der Waals surface area contributed by atoms with Gasteiger partial charge in [0, 0.05) is 63.3 Å². The molecule has 10 heteroatoms. The summed E-state index contributed by atoms with van der Waals surface area (Å²) >= 11 is 0. The summed E-state index contributed by atoms with van der Waals surface area (Å²) in [6, 6.07) is 8.58. The summed E-state index contributed by atoms with van der Waals surface area (Å²) in [5.41, 5.74) is 3.97. The van der Waals surface area contributed by atoms with E-state index in [0.29, 0.717) is 19.1 Å². The highest BCUT2D eigenvalue weighted by Crippen LogP contribution is 2.29. The zero-order valence-corrected chi connectivity index (χ0v) is 19.8. The highest BCUT2D eigenvalue weighted by molar-refractivity contribution is 7.92. The van der Waals surface area contributed by atoms with Crippen molar-refractivity contribution in [3.63, 3.8) is 0 Å². The van der Waals surface area contributed by atoms with Crippen LogP contribution >= 0.6 is 0 Å². The van der Waals surface area contributed by atoms with E-state index in [9.17, 15) is 13.2 Å². The molecule has 4 rings (SSSR count). The number of nitrogens with one attached hydrogen (secondary N) is 1. The van der Waals surface area contributed by atoms with Gasteiger partial charge in [-0.1, -0.05) is 12.1 Å². The number of hydrogen-bond donors (Lipinski definition) is 1. The lowest BCUT2D eigenvalue weighted by Gasteiger charge is -2.34. The van der Waals surface area contributed by atoms with Crippen molar-refractivity contribution in [3.8, 4) is 0 Å². The van der Waals surface area contributed by atoms with Crippen molar-refractivity contribution in [2.45, 2.75) is 39.3 Å². The van der Waals surface area contributed by atoms with E-state index in [4.69, 9.17) is 0 Å². The molecule has 9 nitrogen and oxygen atoms in total. The maximum atomic E-state index is 12.7. The van der Waals surface area contributed by atoms with Crippen molar-refractivity contribution >= 4 is 27.6 Å². The van der Waals surface area contributed by atoms with Gasteiger partial charge in [0.25, 0.3) is 0 Å². The maximum Gasteiger partial charge on any atom is 0.344 e. The molecule has 0 aliphatic carbocycles. The molecule has 2 aliphatic rings. The summed E-state index contributed by atoms with van der Waals surface area (Å²) in [6.07, 6.45) is 5.04. The number of sulfonamides is 1. The molecule has 0 radical (unpaired) electrons. The van der Waals surface area contributed by atoms with E-state index in [-0.39, 0.29) is 11.8 Å². The van der Waals surface area contributed by atoms with Gasteiger partial charge < -0.3 is 9.80 Å². The summed E-state index contributed by atoms with van der Waals surface area (Å²) in [7, 11) is -3.43. The highest BCUT2D eigenvalue weighted by Gasteiger charge is 2.25. The lowest BCUT2D eigenvalue weighted by atomic mass is 10.1. The smallest absolute Gasteiger partial charge is 0.344 e. The van der Waals surface area contributed by atoms with Crippen LogP contribution in [0.5, 0.6) is 0 Å². The number of piperazine rings is 1. The molecular weight excluding hydrogens is 428 g/mol. The minimum atomic E-state index is -3.43. The van der Waals surface area contributed by atoms with E-state index >= 15 is 0 Å². The van der Waals surface area contributed by atoms with Crippen LogP contribution in [0.3, 0.4) is 0 Å². The largest absolute Gasteiger partial charge is 0.369 e. The molecule has 174 valence electrons. The van der Waals surface area contributed by atoms with E-state index in [1.807, 2.05) is 0 Å². The maximum absolute atomic E-state index is 12.7. The van der Waals surface area contributed by atoms with Gasteiger partial charge in [-0.05, 0) is 43.9 Å². The van der Waals surface area contributed by atoms with Gasteiger partial charge in [0.1, 0.15) is 0 Å². The van der Waals surface area contributed by atoms with Crippen LogP contribution in [0.1, 0.15) is 30.9 Å². The number of carbonyl (C=O) groups is 1. The molecule has 32 heavy (non-hydrogen) atoms. The molecule has 2 aromatic rings. The number of hydrogen-bond acceptors (Lipinski definition) is 6. The van der Waals surface area contributed by atoms with Crippen LogP contribution in [0.2, 0.25) is 0 Å². The Balaban J connectivity index is 1.34. The Hall–Kier alpha value is -2.59. The van der Waals surface area contributed by atoms with Gasteiger partial charge in [-0.3, -0.25) is 9.62 Å². The Morgan fingerprint density at radius 2 is 1.91 bits per heavy atom. The van der Waals surface area contributed by atoms with Gasteiger partial charge >= 0.3 is 6.03 Å². The van der Waals surface area contributed by atoms with Gasteiger partial charge in [0.15, 0.2) is 5.82 Å². The average molecular weight is 461 g/mol. The summed E-state index contributed by atoms with van der Waals surface area (Å²) in [4.78, 5) is 19.4. The van der Waals surface area contributed by atoms with Crippen LogP contribution in [0.4, 0.5) is 16.3 Å². The SMILES string of the molecule is Cc1ccc(CN2CCN(C(=O)n3ccc(NS(C)(=O)=O)n3)CC2)cc1N1CCC[C@@H]1C. The van der Waals surface area contributed by atoms with Crippen LogP contribution in [-0.2, 0) is 16.6 Å². The van der Waals surface area contributed by atoms with Gasteiger partial charge in [-0.15, -0.1) is 5.10 Å². The topological polar surface area (TPSA) is 90.8 Å². The summed E-state index contributed by atoms with van der Waals surface area (Å²) in [6.45, 7) is 9.25. The third-order valence-electron chi connectivity index (χ3n) is 6.26. The minimum Gasteiger partial charge on any atom is -0.369 e. The van der Waals surface area contributed by atoms with Crippen LogP contribution in [-0.4, -0.2) is 79.1 Å². The van der Waals surface area contributed by atoms with Gasteiger partial charge in [-0.2, -0.15) is 4.68 Å². The first-order valence-electron chi connectivity index (χ1n) is 11.1. The zero-order valence-electron chi connectivity index (χ0n) is 19.0. The molecule has 0 saturated carbocycles. The minimum absolute atomic E-state index is 0.141. The van der Waals surface area contributed by atoms with Crippen molar-refractivity contribution < 1.29 is 13.2 Å². The number of carbonyl (C=O) groups excluding carboxylic acids is 1. The second-order valence-corrected chi connectivity index (χ2v) is 10.6. The second kappa shape index (κ2) is 9.11. The Bertz CT molecular complexity index is 1080. The lowest BCUT2D eigenvalue weighted by Crippen LogP contribution is -2.49. The number of aromatic nitrogens is 2. The van der Waals surface area contributed by atoms with Crippen LogP contribution in [0.15, 0.2) is 30.5 Å². The fraction of sp³-hybridized carbons (Fsp3) is 0.545. The van der Waals surface area contributed by atoms with E-state index in [2.05, 4.69) is 51.7 Å². The van der Waals surface area contributed by atoms with Gasteiger partial charge in [0.2, 0.25) is 10.0 Å². The van der Waals surface area contributed by atoms with Crippen LogP contribution < -0.4 is 9.62 Å². The standard InChI is InChI=1S/C22H32N6O3S/c1-17-6-7-19(15-20(17)27-9-4-5-18(27)2)16-25-11-13-26(14-12-25)22(29)28-10-8-21(23-28)24-32(3,30)31/h6-8,10,15,18H,4-5,9,11-14,16H2,1-3H3,(H,23,24)/t18-/m0/s1. The lowest BCUT2D eigenvalue weighted by molar-refractivity contribution is 0.134. The normalized spacial score (nSPS) is 20.0. The molecule has 0 bridgehead atoms. The number of anilines is 2. The number of rotatable bonds is 5. The number of amides is 1. The molecular formula is C22H32N6O3S. The molecule has 1 aromatic heterocycles. The molecule has 2 saturated heterocycles. The fourth-order valence-corrected chi connectivity index (χ4v) is 5.02. The predicted molar refractivity (Wildman–Crippen MR) is 126 cm³/mol. The quantitative estimate of drug-likeness (QED) is 0.737. The number of aryl methyl sites for hydroxylation is 1. The summed E-state index contributed by atoms with van der Waals surface area (Å²) < 4.78 is 26.1. The van der Waals surface area contributed by atoms with E-state index in [1.54, 1.807) is 4.90 Å². The Kier molecular flexibility index (Phi) is 6.43. The molecule has 1 amide bonds. The van der Waals surface area contributed by atoms with Crippen molar-refractivity contribution in [2.24, 2.45) is 0 Å². The van der Waals surface area contributed by atoms with E-state index < -0.39 is 10.0 Å². The first kappa shape index (κ1) is 22.6. The van der Waals surface area contributed by atoms with Gasteiger partial charge in [-0.25, -0.2) is 13.2 Å². The van der Waals surface area contributed by atoms with Crippen molar-refractivity contribution in [1.29, 1.82) is 0 Å². The third kappa shape index (κ3) is 5.24. The van der Waals surface area contributed by atoms with E-state index in [0.717, 1.165) is 32.4 Å². The fourth-order valence-electron chi connectivity index (χ4n) is 4.53. The molecule has 0 spiro atoms.